The summed E-state index contributed by atoms with van der Waals surface area (Å²) in [7, 11) is 0. The van der Waals surface area contributed by atoms with Gasteiger partial charge in [-0.15, -0.1) is 0 Å². The summed E-state index contributed by atoms with van der Waals surface area (Å²) in [5, 5.41) is 13.6. The van der Waals surface area contributed by atoms with E-state index in [4.69, 9.17) is 0 Å². The molecule has 0 saturated carbocycles. The fourth-order valence-electron chi connectivity index (χ4n) is 9.63. The van der Waals surface area contributed by atoms with Crippen molar-refractivity contribution in [2.75, 3.05) is 5.32 Å². The summed E-state index contributed by atoms with van der Waals surface area (Å²) >= 11 is 0. The van der Waals surface area contributed by atoms with Crippen molar-refractivity contribution in [3.05, 3.63) is 275 Å². The van der Waals surface area contributed by atoms with E-state index in [2.05, 4.69) is 177 Å². The summed E-state index contributed by atoms with van der Waals surface area (Å²) in [6.07, 6.45) is 16.3. The largest absolute Gasteiger partial charge is 0.354 e. The van der Waals surface area contributed by atoms with Crippen LogP contribution < -0.4 is 5.32 Å². The summed E-state index contributed by atoms with van der Waals surface area (Å²) in [5.74, 6) is 0. The first-order chi connectivity index (χ1) is 31.4. The van der Waals surface area contributed by atoms with Crippen LogP contribution in [0.2, 0.25) is 0 Å². The first-order valence-electron chi connectivity index (χ1n) is 22.0. The number of benzene rings is 7. The number of fused-ring (bicyclic) bond motifs is 9. The molecule has 64 heavy (non-hydrogen) atoms. The van der Waals surface area contributed by atoms with E-state index in [1.807, 2.05) is 66.8 Å². The summed E-state index contributed by atoms with van der Waals surface area (Å²) in [6, 6.07) is 59.9. The first kappa shape index (κ1) is 41.5. The van der Waals surface area contributed by atoms with Gasteiger partial charge in [0.05, 0.1) is 22.5 Å². The number of hydrogen-bond donors (Lipinski definition) is 2. The Morgan fingerprint density at radius 1 is 0.641 bits per heavy atom. The Kier molecular flexibility index (Phi) is 11.8. The van der Waals surface area contributed by atoms with Gasteiger partial charge < -0.3 is 10.7 Å². The molecule has 0 radical (unpaired) electrons. The lowest BCUT2D eigenvalue weighted by Crippen LogP contribution is -2.33. The Balaban J connectivity index is 0.000000677. The maximum atomic E-state index is 9.72. The third kappa shape index (κ3) is 7.67. The van der Waals surface area contributed by atoms with Gasteiger partial charge in [-0.25, -0.2) is 0 Å². The smallest absolute Gasteiger partial charge is 0.0754 e. The van der Waals surface area contributed by atoms with Crippen LogP contribution >= 0.6 is 0 Å². The highest BCUT2D eigenvalue weighted by atomic mass is 14.9. The van der Waals surface area contributed by atoms with Gasteiger partial charge in [0.15, 0.2) is 0 Å². The van der Waals surface area contributed by atoms with Crippen molar-refractivity contribution >= 4 is 46.2 Å². The zero-order valence-electron chi connectivity index (χ0n) is 36.5. The van der Waals surface area contributed by atoms with Crippen molar-refractivity contribution in [2.24, 2.45) is 4.99 Å². The Morgan fingerprint density at radius 3 is 1.94 bits per heavy atom. The van der Waals surface area contributed by atoms with E-state index in [-0.39, 0.29) is 0 Å². The van der Waals surface area contributed by atoms with Crippen molar-refractivity contribution in [2.45, 2.75) is 32.1 Å². The molecule has 7 aromatic rings. The van der Waals surface area contributed by atoms with Crippen LogP contribution in [0.1, 0.15) is 75.4 Å². The Labute approximate surface area is 378 Å². The summed E-state index contributed by atoms with van der Waals surface area (Å²) in [6.45, 7) is 12.0. The number of rotatable bonds is 9. The molecule has 310 valence electrons. The van der Waals surface area contributed by atoms with E-state index in [1.54, 1.807) is 6.08 Å². The van der Waals surface area contributed by atoms with Crippen LogP contribution in [0.15, 0.2) is 224 Å². The number of nitrogens with zero attached hydrogens (tertiary/aromatic N) is 1. The second kappa shape index (κ2) is 18.2. The van der Waals surface area contributed by atoms with E-state index in [9.17, 15) is 5.41 Å². The Hall–Kier alpha value is -7.88. The highest BCUT2D eigenvalue weighted by molar-refractivity contribution is 6.16. The molecule has 0 amide bonds. The molecule has 1 aliphatic heterocycles. The van der Waals surface area contributed by atoms with Gasteiger partial charge in [-0.1, -0.05) is 206 Å². The fraction of sp³-hybridized carbons (Fsp3) is 0.0820. The average molecular weight is 826 g/mol. The molecular weight excluding hydrogens is 775 g/mol. The van der Waals surface area contributed by atoms with Crippen LogP contribution in [0.25, 0.3) is 33.5 Å². The minimum Gasteiger partial charge on any atom is -0.354 e. The predicted octanol–water partition coefficient (Wildman–Crippen LogP) is 15.6. The van der Waals surface area contributed by atoms with E-state index in [0.29, 0.717) is 11.4 Å². The molecule has 0 fully saturated rings. The Morgan fingerprint density at radius 2 is 1.27 bits per heavy atom. The van der Waals surface area contributed by atoms with Crippen molar-refractivity contribution in [1.82, 2.24) is 0 Å². The highest BCUT2D eigenvalue weighted by Gasteiger charge is 2.51. The van der Waals surface area contributed by atoms with Crippen molar-refractivity contribution < 1.29 is 0 Å². The zero-order chi connectivity index (χ0) is 44.0. The molecule has 1 unspecified atom stereocenters. The highest BCUT2D eigenvalue weighted by Crippen LogP contribution is 2.62. The van der Waals surface area contributed by atoms with Gasteiger partial charge in [0, 0.05) is 22.4 Å². The predicted molar refractivity (Wildman–Crippen MR) is 274 cm³/mol. The second-order valence-corrected chi connectivity index (χ2v) is 16.5. The van der Waals surface area contributed by atoms with Gasteiger partial charge in [-0.05, 0) is 113 Å². The van der Waals surface area contributed by atoms with E-state index in [0.717, 1.165) is 57.6 Å². The number of aliphatic imine (C=N–C) groups is 1. The molecule has 10 rings (SSSR count). The summed E-state index contributed by atoms with van der Waals surface area (Å²) in [4.78, 5) is 4.39. The minimum atomic E-state index is -0.645. The first-order valence-corrected chi connectivity index (χ1v) is 22.0. The quantitative estimate of drug-likeness (QED) is 0.111. The number of aryl methyl sites for hydroxylation is 1. The van der Waals surface area contributed by atoms with Gasteiger partial charge in [-0.3, -0.25) is 4.99 Å². The summed E-state index contributed by atoms with van der Waals surface area (Å²) < 4.78 is 0. The monoisotopic (exact) mass is 825 g/mol. The number of anilines is 2. The van der Waals surface area contributed by atoms with Crippen molar-refractivity contribution in [1.29, 1.82) is 5.41 Å². The molecule has 0 aromatic heterocycles. The van der Waals surface area contributed by atoms with Crippen LogP contribution in [-0.2, 0) is 5.41 Å². The number of nitrogens with one attached hydrogen (secondary N) is 2. The van der Waals surface area contributed by atoms with E-state index >= 15 is 0 Å². The summed E-state index contributed by atoms with van der Waals surface area (Å²) in [5.41, 5.74) is 20.2. The van der Waals surface area contributed by atoms with Crippen LogP contribution in [0, 0.1) is 12.3 Å². The number of hydrogen-bond acceptors (Lipinski definition) is 3. The molecule has 3 aliphatic rings. The van der Waals surface area contributed by atoms with Gasteiger partial charge in [0.1, 0.15) is 0 Å². The normalized spacial score (nSPS) is 15.9. The standard InChI is InChI=1S/C54H43N3.C7H8/c1-4-5-8-17-36(2)42-22-15-26-48-53(42)57-50-27-14-13-24-46(50)54(48)45-33-32-41(39-30-28-38(29-31-39)37-18-9-6-10-19-37)34-44(45)52-43(23-16-25-47(52)54)49(55)35-51(56-3)40-20-11-7-12-21-40;1-7-5-3-2-4-6-7/h4-28,30,32-35,55,57H,1,3,29,31H2,2H3;2-6H,1H3/b8-5-,36-17+,51-35-,55-49?;. The van der Waals surface area contributed by atoms with Crippen LogP contribution in [0.3, 0.4) is 0 Å². The molecule has 2 N–H and O–H groups in total. The third-order valence-corrected chi connectivity index (χ3v) is 12.7. The second-order valence-electron chi connectivity index (χ2n) is 16.5. The van der Waals surface area contributed by atoms with E-state index < -0.39 is 5.41 Å². The van der Waals surface area contributed by atoms with Crippen LogP contribution in [-0.4, -0.2) is 12.4 Å². The zero-order valence-corrected chi connectivity index (χ0v) is 36.5. The van der Waals surface area contributed by atoms with Crippen molar-refractivity contribution in [3.63, 3.8) is 0 Å². The molecule has 0 bridgehead atoms. The maximum absolute atomic E-state index is 9.72. The van der Waals surface area contributed by atoms with Gasteiger partial charge in [-0.2, -0.15) is 0 Å². The lowest BCUT2D eigenvalue weighted by Gasteiger charge is -2.41. The number of para-hydroxylation sites is 2. The van der Waals surface area contributed by atoms with Gasteiger partial charge in [0.2, 0.25) is 0 Å². The van der Waals surface area contributed by atoms with E-state index in [1.165, 1.54) is 50.1 Å². The fourth-order valence-corrected chi connectivity index (χ4v) is 9.63. The van der Waals surface area contributed by atoms with Gasteiger partial charge in [0.25, 0.3) is 0 Å². The topological polar surface area (TPSA) is 48.2 Å². The molecule has 1 spiro atoms. The number of allylic oxidation sites excluding steroid dienone is 10. The van der Waals surface area contributed by atoms with Crippen LogP contribution in [0.4, 0.5) is 11.4 Å². The molecule has 1 atom stereocenters. The average Bonchev–Trinajstić information content (AvgIpc) is 3.64. The van der Waals surface area contributed by atoms with Gasteiger partial charge >= 0.3 is 0 Å². The molecule has 3 nitrogen and oxygen atoms in total. The molecule has 0 saturated heterocycles. The Bertz CT molecular complexity index is 3070. The molecule has 2 aliphatic carbocycles. The lowest BCUT2D eigenvalue weighted by molar-refractivity contribution is 0.762. The SMILES string of the molecule is C=C/C=C\C=C(/C)c1cccc2c1Nc1ccccc1C21c2ccc(C3=CC=C(c4ccccc4)CC3)cc2-c2c(C(=N)/C=C(\N=C)c3ccccc3)cccc21.Cc1ccccc1. The van der Waals surface area contributed by atoms with Crippen molar-refractivity contribution in [3.8, 4) is 11.1 Å². The van der Waals surface area contributed by atoms with Crippen LogP contribution in [0.5, 0.6) is 0 Å². The molecular formula is C61H51N3. The molecule has 1 heterocycles. The molecule has 3 heteroatoms. The third-order valence-electron chi connectivity index (χ3n) is 12.7. The maximum Gasteiger partial charge on any atom is 0.0754 e. The lowest BCUT2D eigenvalue weighted by atomic mass is 9.64. The molecule has 7 aromatic carbocycles. The minimum absolute atomic E-state index is 0.391.